The molecule has 0 saturated heterocycles. The lowest BCUT2D eigenvalue weighted by molar-refractivity contribution is 0.0937. The van der Waals surface area contributed by atoms with Crippen molar-refractivity contribution >= 4 is 0 Å². The van der Waals surface area contributed by atoms with E-state index in [9.17, 15) is 8.78 Å². The number of aryl methyl sites for hydroxylation is 1. The number of halogens is 2. The van der Waals surface area contributed by atoms with Crippen LogP contribution in [0, 0.1) is 0 Å². The van der Waals surface area contributed by atoms with E-state index < -0.39 is 12.5 Å². The molecule has 0 aromatic carbocycles. The molecule has 1 N–H and O–H groups in total. The molecule has 1 rings (SSSR count). The number of methoxy groups -OCH3 is 1. The molecular weight excluding hydrogens is 240 g/mol. The molecule has 0 fully saturated rings. The van der Waals surface area contributed by atoms with Gasteiger partial charge in [0.2, 0.25) is 0 Å². The van der Waals surface area contributed by atoms with Gasteiger partial charge in [-0.3, -0.25) is 4.68 Å². The molecule has 1 aromatic rings. The number of rotatable bonds is 9. The quantitative estimate of drug-likeness (QED) is 0.693. The van der Waals surface area contributed by atoms with E-state index >= 15 is 0 Å². The maximum Gasteiger partial charge on any atom is 0.259 e. The third-order valence-electron chi connectivity index (χ3n) is 2.65. The standard InChI is InChI=1S/C12H21F2N3O/c1-3-6-15-11(12(13)14)10-5-7-16-17(10)8-4-9-18-2/h5,7,11-12,15H,3-4,6,8-9H2,1-2H3. The number of hydrogen-bond donors (Lipinski definition) is 1. The van der Waals surface area contributed by atoms with Crippen LogP contribution in [-0.2, 0) is 11.3 Å². The lowest BCUT2D eigenvalue weighted by atomic mass is 10.2. The molecule has 0 aliphatic rings. The van der Waals surface area contributed by atoms with Crippen LogP contribution in [0.25, 0.3) is 0 Å². The molecule has 0 amide bonds. The SMILES string of the molecule is CCCNC(c1ccnn1CCCOC)C(F)F. The molecule has 0 spiro atoms. The summed E-state index contributed by atoms with van der Waals surface area (Å²) < 4.78 is 32.6. The van der Waals surface area contributed by atoms with Gasteiger partial charge in [0, 0.05) is 26.5 Å². The van der Waals surface area contributed by atoms with E-state index in [4.69, 9.17) is 4.74 Å². The zero-order chi connectivity index (χ0) is 13.4. The van der Waals surface area contributed by atoms with Gasteiger partial charge >= 0.3 is 0 Å². The molecule has 4 nitrogen and oxygen atoms in total. The second-order valence-corrected chi connectivity index (χ2v) is 4.09. The van der Waals surface area contributed by atoms with Crippen molar-refractivity contribution in [2.45, 2.75) is 38.8 Å². The summed E-state index contributed by atoms with van der Waals surface area (Å²) in [4.78, 5) is 0. The molecule has 0 bridgehead atoms. The van der Waals surface area contributed by atoms with Crippen LogP contribution in [0.1, 0.15) is 31.5 Å². The highest BCUT2D eigenvalue weighted by atomic mass is 19.3. The summed E-state index contributed by atoms with van der Waals surface area (Å²) in [5.41, 5.74) is 0.537. The molecular formula is C12H21F2N3O. The fourth-order valence-corrected chi connectivity index (χ4v) is 1.78. The second kappa shape index (κ2) is 8.16. The highest BCUT2D eigenvalue weighted by Gasteiger charge is 2.24. The number of ether oxygens (including phenoxy) is 1. The van der Waals surface area contributed by atoms with E-state index in [-0.39, 0.29) is 0 Å². The molecule has 1 atom stereocenters. The van der Waals surface area contributed by atoms with Crippen molar-refractivity contribution in [1.82, 2.24) is 15.1 Å². The van der Waals surface area contributed by atoms with Gasteiger partial charge in [-0.2, -0.15) is 5.10 Å². The van der Waals surface area contributed by atoms with Crippen LogP contribution in [-0.4, -0.2) is 36.5 Å². The zero-order valence-corrected chi connectivity index (χ0v) is 10.9. The van der Waals surface area contributed by atoms with E-state index in [0.717, 1.165) is 12.8 Å². The normalized spacial score (nSPS) is 13.2. The molecule has 0 aliphatic heterocycles. The highest BCUT2D eigenvalue weighted by molar-refractivity contribution is 5.08. The Labute approximate surface area is 106 Å². The van der Waals surface area contributed by atoms with E-state index in [1.807, 2.05) is 6.92 Å². The molecule has 6 heteroatoms. The number of nitrogens with one attached hydrogen (secondary N) is 1. The average molecular weight is 261 g/mol. The van der Waals surface area contributed by atoms with Gasteiger partial charge in [0.25, 0.3) is 6.43 Å². The molecule has 0 radical (unpaired) electrons. The fraction of sp³-hybridized carbons (Fsp3) is 0.750. The third kappa shape index (κ3) is 4.34. The van der Waals surface area contributed by atoms with Gasteiger partial charge < -0.3 is 10.1 Å². The Bertz CT molecular complexity index is 331. The zero-order valence-electron chi connectivity index (χ0n) is 10.9. The number of alkyl halides is 2. The van der Waals surface area contributed by atoms with Crippen molar-refractivity contribution in [2.24, 2.45) is 0 Å². The Balaban J connectivity index is 2.68. The van der Waals surface area contributed by atoms with Crippen LogP contribution in [0.3, 0.4) is 0 Å². The third-order valence-corrected chi connectivity index (χ3v) is 2.65. The van der Waals surface area contributed by atoms with Crippen LogP contribution in [0.15, 0.2) is 12.3 Å². The van der Waals surface area contributed by atoms with Crippen molar-refractivity contribution in [1.29, 1.82) is 0 Å². The number of nitrogens with zero attached hydrogens (tertiary/aromatic N) is 2. The second-order valence-electron chi connectivity index (χ2n) is 4.09. The van der Waals surface area contributed by atoms with Crippen LogP contribution >= 0.6 is 0 Å². The molecule has 1 heterocycles. The molecule has 0 aliphatic carbocycles. The Morgan fingerprint density at radius 1 is 1.50 bits per heavy atom. The van der Waals surface area contributed by atoms with E-state index in [0.29, 0.717) is 25.4 Å². The van der Waals surface area contributed by atoms with Gasteiger partial charge in [-0.25, -0.2) is 8.78 Å². The van der Waals surface area contributed by atoms with E-state index in [1.54, 1.807) is 24.1 Å². The van der Waals surface area contributed by atoms with Crippen LogP contribution in [0.5, 0.6) is 0 Å². The summed E-state index contributed by atoms with van der Waals surface area (Å²) in [6, 6.07) is 0.696. The lowest BCUT2D eigenvalue weighted by Crippen LogP contribution is -2.30. The van der Waals surface area contributed by atoms with Crippen molar-refractivity contribution in [2.75, 3.05) is 20.3 Å². The predicted molar refractivity (Wildman–Crippen MR) is 65.8 cm³/mol. The monoisotopic (exact) mass is 261 g/mol. The lowest BCUT2D eigenvalue weighted by Gasteiger charge is -2.19. The van der Waals surface area contributed by atoms with Gasteiger partial charge in [-0.15, -0.1) is 0 Å². The first-order chi connectivity index (χ1) is 8.70. The highest BCUT2D eigenvalue weighted by Crippen LogP contribution is 2.20. The van der Waals surface area contributed by atoms with Crippen molar-refractivity contribution in [3.05, 3.63) is 18.0 Å². The average Bonchev–Trinajstić information content (AvgIpc) is 2.78. The summed E-state index contributed by atoms with van der Waals surface area (Å²) >= 11 is 0. The van der Waals surface area contributed by atoms with Crippen molar-refractivity contribution in [3.63, 3.8) is 0 Å². The Kier molecular flexibility index (Phi) is 6.82. The molecule has 18 heavy (non-hydrogen) atoms. The van der Waals surface area contributed by atoms with Crippen LogP contribution in [0.4, 0.5) is 8.78 Å². The van der Waals surface area contributed by atoms with Crippen molar-refractivity contribution in [3.8, 4) is 0 Å². The van der Waals surface area contributed by atoms with Gasteiger partial charge in [0.15, 0.2) is 0 Å². The molecule has 1 unspecified atom stereocenters. The fourth-order valence-electron chi connectivity index (χ4n) is 1.78. The van der Waals surface area contributed by atoms with E-state index in [1.165, 1.54) is 0 Å². The summed E-state index contributed by atoms with van der Waals surface area (Å²) in [7, 11) is 1.62. The topological polar surface area (TPSA) is 39.1 Å². The largest absolute Gasteiger partial charge is 0.385 e. The predicted octanol–water partition coefficient (Wildman–Crippen LogP) is 2.23. The maximum atomic E-state index is 13.0. The summed E-state index contributed by atoms with van der Waals surface area (Å²) in [5.74, 6) is 0. The molecule has 1 aromatic heterocycles. The minimum absolute atomic E-state index is 0.537. The summed E-state index contributed by atoms with van der Waals surface area (Å²) in [6.45, 7) is 3.71. The first-order valence-corrected chi connectivity index (χ1v) is 6.22. The number of hydrogen-bond acceptors (Lipinski definition) is 3. The van der Waals surface area contributed by atoms with Gasteiger partial charge in [-0.05, 0) is 25.5 Å². The van der Waals surface area contributed by atoms with Gasteiger partial charge in [0.05, 0.1) is 5.69 Å². The Morgan fingerprint density at radius 2 is 2.28 bits per heavy atom. The van der Waals surface area contributed by atoms with Crippen LogP contribution < -0.4 is 5.32 Å². The van der Waals surface area contributed by atoms with E-state index in [2.05, 4.69) is 10.4 Å². The summed E-state index contributed by atoms with van der Waals surface area (Å²) in [6.07, 6.45) is 0.704. The molecule has 104 valence electrons. The smallest absolute Gasteiger partial charge is 0.259 e. The summed E-state index contributed by atoms with van der Waals surface area (Å²) in [5, 5.41) is 6.95. The first kappa shape index (κ1) is 15.0. The van der Waals surface area contributed by atoms with Crippen molar-refractivity contribution < 1.29 is 13.5 Å². The van der Waals surface area contributed by atoms with Crippen LogP contribution in [0.2, 0.25) is 0 Å². The Hall–Kier alpha value is -1.01. The molecule has 0 saturated carbocycles. The Morgan fingerprint density at radius 3 is 2.89 bits per heavy atom. The van der Waals surface area contributed by atoms with Gasteiger partial charge in [-0.1, -0.05) is 6.92 Å². The minimum Gasteiger partial charge on any atom is -0.385 e. The first-order valence-electron chi connectivity index (χ1n) is 6.22. The van der Waals surface area contributed by atoms with Gasteiger partial charge in [0.1, 0.15) is 6.04 Å². The minimum atomic E-state index is -2.44. The maximum absolute atomic E-state index is 13.0. The number of aromatic nitrogens is 2.